The number of hydrogen-bond donors (Lipinski definition) is 1. The van der Waals surface area contributed by atoms with Gasteiger partial charge in [0.1, 0.15) is 9.84 Å². The van der Waals surface area contributed by atoms with Gasteiger partial charge < -0.3 is 5.32 Å². The SMILES string of the molecule is CCCNC(Cc1cccnc1)CS(C)(=O)=O. The predicted octanol–water partition coefficient (Wildman–Crippen LogP) is 1.04. The molecule has 0 aliphatic heterocycles. The van der Waals surface area contributed by atoms with E-state index in [0.717, 1.165) is 18.5 Å². The molecule has 0 spiro atoms. The van der Waals surface area contributed by atoms with Crippen LogP contribution in [-0.2, 0) is 16.3 Å². The second-order valence-electron chi connectivity index (χ2n) is 4.31. The van der Waals surface area contributed by atoms with Gasteiger partial charge in [0, 0.05) is 24.7 Å². The third kappa shape index (κ3) is 6.38. The molecule has 0 saturated heterocycles. The Kier molecular flexibility index (Phi) is 5.58. The fourth-order valence-electron chi connectivity index (χ4n) is 1.71. The van der Waals surface area contributed by atoms with Crippen LogP contribution in [0.2, 0.25) is 0 Å². The minimum atomic E-state index is -2.96. The Morgan fingerprint density at radius 2 is 2.24 bits per heavy atom. The summed E-state index contributed by atoms with van der Waals surface area (Å²) in [7, 11) is -2.96. The maximum absolute atomic E-state index is 11.3. The lowest BCUT2D eigenvalue weighted by molar-refractivity contribution is 0.530. The smallest absolute Gasteiger partial charge is 0.148 e. The summed E-state index contributed by atoms with van der Waals surface area (Å²) in [6, 6.07) is 3.80. The lowest BCUT2D eigenvalue weighted by Gasteiger charge is -2.17. The first-order valence-corrected chi connectivity index (χ1v) is 7.87. The van der Waals surface area contributed by atoms with Gasteiger partial charge in [-0.05, 0) is 31.0 Å². The maximum atomic E-state index is 11.3. The molecule has 1 aromatic heterocycles. The van der Waals surface area contributed by atoms with Crippen LogP contribution in [0.5, 0.6) is 0 Å². The number of aromatic nitrogens is 1. The molecule has 1 unspecified atom stereocenters. The van der Waals surface area contributed by atoms with E-state index in [1.807, 2.05) is 12.1 Å². The molecule has 0 amide bonds. The van der Waals surface area contributed by atoms with Crippen molar-refractivity contribution in [2.45, 2.75) is 25.8 Å². The lowest BCUT2D eigenvalue weighted by Crippen LogP contribution is -2.37. The Hall–Kier alpha value is -0.940. The maximum Gasteiger partial charge on any atom is 0.148 e. The van der Waals surface area contributed by atoms with Crippen molar-refractivity contribution in [2.75, 3.05) is 18.6 Å². The first-order valence-electron chi connectivity index (χ1n) is 5.81. The molecular formula is C12H20N2O2S. The fraction of sp³-hybridized carbons (Fsp3) is 0.583. The van der Waals surface area contributed by atoms with E-state index in [1.54, 1.807) is 12.4 Å². The quantitative estimate of drug-likeness (QED) is 0.792. The Bertz CT molecular complexity index is 417. The van der Waals surface area contributed by atoms with Crippen molar-refractivity contribution >= 4 is 9.84 Å². The molecule has 0 saturated carbocycles. The van der Waals surface area contributed by atoms with E-state index in [0.29, 0.717) is 6.42 Å². The van der Waals surface area contributed by atoms with Crippen molar-refractivity contribution in [3.63, 3.8) is 0 Å². The molecule has 96 valence electrons. The van der Waals surface area contributed by atoms with Crippen LogP contribution in [0.4, 0.5) is 0 Å². The number of sulfone groups is 1. The van der Waals surface area contributed by atoms with Crippen LogP contribution < -0.4 is 5.32 Å². The number of nitrogens with zero attached hydrogens (tertiary/aromatic N) is 1. The van der Waals surface area contributed by atoms with Gasteiger partial charge in [0.15, 0.2) is 0 Å². The Morgan fingerprint density at radius 3 is 2.76 bits per heavy atom. The van der Waals surface area contributed by atoms with Gasteiger partial charge in [0.05, 0.1) is 5.75 Å². The van der Waals surface area contributed by atoms with Gasteiger partial charge in [-0.15, -0.1) is 0 Å². The van der Waals surface area contributed by atoms with E-state index in [-0.39, 0.29) is 11.8 Å². The molecule has 1 atom stereocenters. The van der Waals surface area contributed by atoms with Crippen molar-refractivity contribution in [1.29, 1.82) is 0 Å². The average molecular weight is 256 g/mol. The standard InChI is InChI=1S/C12H20N2O2S/c1-3-6-14-12(10-17(2,15)16)8-11-5-4-7-13-9-11/h4-5,7,9,12,14H,3,6,8,10H2,1-2H3. The highest BCUT2D eigenvalue weighted by Gasteiger charge is 2.15. The first kappa shape index (κ1) is 14.1. The molecule has 4 nitrogen and oxygen atoms in total. The third-order valence-corrected chi connectivity index (χ3v) is 3.40. The fourth-order valence-corrected chi connectivity index (χ4v) is 2.67. The van der Waals surface area contributed by atoms with E-state index in [1.165, 1.54) is 6.26 Å². The highest BCUT2D eigenvalue weighted by molar-refractivity contribution is 7.90. The Labute approximate surface area is 103 Å². The van der Waals surface area contributed by atoms with Gasteiger partial charge in [-0.2, -0.15) is 0 Å². The van der Waals surface area contributed by atoms with Crippen LogP contribution in [0, 0.1) is 0 Å². The number of rotatable bonds is 7. The summed E-state index contributed by atoms with van der Waals surface area (Å²) >= 11 is 0. The van der Waals surface area contributed by atoms with Crippen molar-refractivity contribution < 1.29 is 8.42 Å². The summed E-state index contributed by atoms with van der Waals surface area (Å²) < 4.78 is 22.7. The zero-order valence-corrected chi connectivity index (χ0v) is 11.2. The van der Waals surface area contributed by atoms with Crippen molar-refractivity contribution in [3.8, 4) is 0 Å². The molecule has 1 heterocycles. The van der Waals surface area contributed by atoms with E-state index < -0.39 is 9.84 Å². The zero-order chi connectivity index (χ0) is 12.7. The molecule has 1 rings (SSSR count). The molecular weight excluding hydrogens is 236 g/mol. The van der Waals surface area contributed by atoms with E-state index in [4.69, 9.17) is 0 Å². The summed E-state index contributed by atoms with van der Waals surface area (Å²) in [5.41, 5.74) is 1.06. The topological polar surface area (TPSA) is 59.1 Å². The summed E-state index contributed by atoms with van der Waals surface area (Å²) in [6.07, 6.45) is 6.46. The minimum Gasteiger partial charge on any atom is -0.313 e. The average Bonchev–Trinajstić information content (AvgIpc) is 2.25. The van der Waals surface area contributed by atoms with Gasteiger partial charge in [-0.3, -0.25) is 4.98 Å². The molecule has 17 heavy (non-hydrogen) atoms. The monoisotopic (exact) mass is 256 g/mol. The predicted molar refractivity (Wildman–Crippen MR) is 69.7 cm³/mol. The summed E-state index contributed by atoms with van der Waals surface area (Å²) in [5.74, 6) is 0.169. The van der Waals surface area contributed by atoms with Gasteiger partial charge in [0.25, 0.3) is 0 Å². The molecule has 0 aliphatic rings. The highest BCUT2D eigenvalue weighted by atomic mass is 32.2. The minimum absolute atomic E-state index is 0.0332. The lowest BCUT2D eigenvalue weighted by atomic mass is 10.1. The van der Waals surface area contributed by atoms with Gasteiger partial charge in [-0.25, -0.2) is 8.42 Å². The Balaban J connectivity index is 2.63. The van der Waals surface area contributed by atoms with E-state index in [9.17, 15) is 8.42 Å². The molecule has 0 bridgehead atoms. The van der Waals surface area contributed by atoms with E-state index >= 15 is 0 Å². The van der Waals surface area contributed by atoms with Crippen LogP contribution in [0.1, 0.15) is 18.9 Å². The van der Waals surface area contributed by atoms with Gasteiger partial charge >= 0.3 is 0 Å². The number of hydrogen-bond acceptors (Lipinski definition) is 4. The normalized spacial score (nSPS) is 13.5. The summed E-state index contributed by atoms with van der Waals surface area (Å²) in [4.78, 5) is 4.04. The zero-order valence-electron chi connectivity index (χ0n) is 10.4. The molecule has 5 heteroatoms. The second kappa shape index (κ2) is 6.71. The van der Waals surface area contributed by atoms with Crippen LogP contribution in [-0.4, -0.2) is 38.0 Å². The number of nitrogens with one attached hydrogen (secondary N) is 1. The highest BCUT2D eigenvalue weighted by Crippen LogP contribution is 2.03. The molecule has 0 aliphatic carbocycles. The molecule has 1 N–H and O–H groups in total. The van der Waals surface area contributed by atoms with Crippen molar-refractivity contribution in [1.82, 2.24) is 10.3 Å². The van der Waals surface area contributed by atoms with Gasteiger partial charge in [0.2, 0.25) is 0 Å². The molecule has 0 fully saturated rings. The molecule has 0 radical (unpaired) electrons. The molecule has 1 aromatic rings. The first-order chi connectivity index (χ1) is 8.01. The summed E-state index contributed by atoms with van der Waals surface area (Å²) in [6.45, 7) is 2.90. The van der Waals surface area contributed by atoms with Crippen LogP contribution in [0.25, 0.3) is 0 Å². The largest absolute Gasteiger partial charge is 0.313 e. The Morgan fingerprint density at radius 1 is 1.47 bits per heavy atom. The van der Waals surface area contributed by atoms with Gasteiger partial charge in [-0.1, -0.05) is 13.0 Å². The van der Waals surface area contributed by atoms with Crippen LogP contribution in [0.3, 0.4) is 0 Å². The van der Waals surface area contributed by atoms with Crippen molar-refractivity contribution in [2.24, 2.45) is 0 Å². The second-order valence-corrected chi connectivity index (χ2v) is 6.49. The van der Waals surface area contributed by atoms with E-state index in [2.05, 4.69) is 17.2 Å². The van der Waals surface area contributed by atoms with Crippen LogP contribution >= 0.6 is 0 Å². The third-order valence-electron chi connectivity index (χ3n) is 2.39. The van der Waals surface area contributed by atoms with Crippen molar-refractivity contribution in [3.05, 3.63) is 30.1 Å². The number of pyridine rings is 1. The van der Waals surface area contributed by atoms with Crippen LogP contribution in [0.15, 0.2) is 24.5 Å². The summed E-state index contributed by atoms with van der Waals surface area (Å²) in [5, 5.41) is 3.27. The molecule has 0 aromatic carbocycles.